The van der Waals surface area contributed by atoms with Crippen LogP contribution in [0.25, 0.3) is 17.7 Å². The van der Waals surface area contributed by atoms with Crippen LogP contribution in [0.2, 0.25) is 0 Å². The Morgan fingerprint density at radius 2 is 1.81 bits per heavy atom. The molecule has 0 bridgehead atoms. The van der Waals surface area contributed by atoms with Crippen LogP contribution in [-0.2, 0) is 20.2 Å². The molecular formula is C24H26N2O4S. The minimum Gasteiger partial charge on any atom is -0.505 e. The molecule has 1 aliphatic rings. The van der Waals surface area contributed by atoms with Gasteiger partial charge in [0.25, 0.3) is 0 Å². The summed E-state index contributed by atoms with van der Waals surface area (Å²) in [5, 5.41) is 10.9. The van der Waals surface area contributed by atoms with Crippen molar-refractivity contribution in [3.63, 3.8) is 0 Å². The number of nitrogens with one attached hydrogen (secondary N) is 1. The van der Waals surface area contributed by atoms with Crippen molar-refractivity contribution in [2.24, 2.45) is 0 Å². The van der Waals surface area contributed by atoms with Gasteiger partial charge in [-0.3, -0.25) is 9.52 Å². The molecular weight excluding hydrogens is 412 g/mol. The first-order chi connectivity index (χ1) is 14.4. The molecule has 0 spiro atoms. The zero-order valence-electron chi connectivity index (χ0n) is 18.0. The summed E-state index contributed by atoms with van der Waals surface area (Å²) in [7, 11) is -3.34. The monoisotopic (exact) mass is 438 g/mol. The number of pyridine rings is 1. The molecule has 0 aliphatic heterocycles. The van der Waals surface area contributed by atoms with Gasteiger partial charge >= 0.3 is 0 Å². The standard InChI is InChI=1S/C24H26N2O4S/c1-24(2,3)21-15-17(23(28)22(25-21)19-7-5-6-8-20(19)27)12-9-16-10-13-18(14-11-16)26-31(4,29)30/h5-7,9-15,26,28H,8H2,1-4H3/b12-9+. The molecule has 6 nitrogen and oxygen atoms in total. The van der Waals surface area contributed by atoms with Crippen molar-refractivity contribution in [3.05, 3.63) is 71.1 Å². The Morgan fingerprint density at radius 3 is 2.39 bits per heavy atom. The Balaban J connectivity index is 2.00. The van der Waals surface area contributed by atoms with Crippen LogP contribution in [0.15, 0.2) is 48.6 Å². The van der Waals surface area contributed by atoms with Gasteiger partial charge in [0.1, 0.15) is 11.4 Å². The summed E-state index contributed by atoms with van der Waals surface area (Å²) < 4.78 is 25.1. The molecule has 0 saturated carbocycles. The second-order valence-corrected chi connectivity index (χ2v) is 10.3. The number of Topliss-reactive ketones (excluding diaryl/α,β-unsaturated/α-hetero) is 1. The molecule has 162 valence electrons. The molecule has 3 rings (SSSR count). The molecule has 7 heteroatoms. The third-order valence-corrected chi connectivity index (χ3v) is 5.32. The quantitative estimate of drug-likeness (QED) is 0.714. The Labute approximate surface area is 183 Å². The predicted octanol–water partition coefficient (Wildman–Crippen LogP) is 4.54. The highest BCUT2D eigenvalue weighted by molar-refractivity contribution is 7.92. The summed E-state index contributed by atoms with van der Waals surface area (Å²) in [5.41, 5.74) is 3.01. The van der Waals surface area contributed by atoms with Crippen molar-refractivity contribution in [2.45, 2.75) is 32.6 Å². The van der Waals surface area contributed by atoms with Crippen LogP contribution < -0.4 is 4.72 Å². The first kappa shape index (κ1) is 22.5. The van der Waals surface area contributed by atoms with Gasteiger partial charge in [-0.25, -0.2) is 13.4 Å². The smallest absolute Gasteiger partial charge is 0.229 e. The summed E-state index contributed by atoms with van der Waals surface area (Å²) in [6.07, 6.45) is 10.2. The Morgan fingerprint density at radius 1 is 1.13 bits per heavy atom. The number of ketones is 1. The number of anilines is 1. The average Bonchev–Trinajstić information content (AvgIpc) is 2.67. The molecule has 0 amide bonds. The minimum atomic E-state index is -3.34. The molecule has 31 heavy (non-hydrogen) atoms. The first-order valence-electron chi connectivity index (χ1n) is 9.85. The lowest BCUT2D eigenvalue weighted by molar-refractivity contribution is -0.113. The van der Waals surface area contributed by atoms with Crippen molar-refractivity contribution in [1.29, 1.82) is 0 Å². The molecule has 0 unspecified atom stereocenters. The lowest BCUT2D eigenvalue weighted by atomic mass is 9.89. The van der Waals surface area contributed by atoms with Gasteiger partial charge in [0.15, 0.2) is 5.78 Å². The van der Waals surface area contributed by atoms with Gasteiger partial charge in [-0.05, 0) is 29.8 Å². The summed E-state index contributed by atoms with van der Waals surface area (Å²) in [6.45, 7) is 6.07. The largest absolute Gasteiger partial charge is 0.505 e. The maximum atomic E-state index is 12.4. The summed E-state index contributed by atoms with van der Waals surface area (Å²) >= 11 is 0. The molecule has 1 aliphatic carbocycles. The van der Waals surface area contributed by atoms with Gasteiger partial charge in [0, 0.05) is 34.4 Å². The van der Waals surface area contributed by atoms with Crippen molar-refractivity contribution in [1.82, 2.24) is 4.98 Å². The normalized spacial score (nSPS) is 14.7. The zero-order chi connectivity index (χ0) is 22.8. The minimum absolute atomic E-state index is 0.0467. The zero-order valence-corrected chi connectivity index (χ0v) is 18.8. The van der Waals surface area contributed by atoms with E-state index in [2.05, 4.69) is 9.71 Å². The molecule has 0 atom stereocenters. The number of hydrogen-bond donors (Lipinski definition) is 2. The number of carbonyl (C=O) groups excluding carboxylic acids is 1. The van der Waals surface area contributed by atoms with E-state index in [0.29, 0.717) is 16.8 Å². The molecule has 0 fully saturated rings. The molecule has 1 aromatic heterocycles. The number of benzene rings is 1. The van der Waals surface area contributed by atoms with E-state index in [9.17, 15) is 18.3 Å². The van der Waals surface area contributed by atoms with Crippen LogP contribution in [-0.4, -0.2) is 30.5 Å². The van der Waals surface area contributed by atoms with Crippen LogP contribution in [0, 0.1) is 0 Å². The number of carbonyl (C=O) groups is 1. The number of allylic oxidation sites excluding steroid dienone is 4. The molecule has 0 saturated heterocycles. The second-order valence-electron chi connectivity index (χ2n) is 8.51. The van der Waals surface area contributed by atoms with Crippen molar-refractivity contribution < 1.29 is 18.3 Å². The molecule has 0 radical (unpaired) electrons. The van der Waals surface area contributed by atoms with E-state index in [4.69, 9.17) is 0 Å². The number of nitrogens with zero attached hydrogens (tertiary/aromatic N) is 1. The Hall–Kier alpha value is -3.19. The maximum absolute atomic E-state index is 12.4. The SMILES string of the molecule is CC(C)(C)c1cc(/C=C/c2ccc(NS(C)(=O)=O)cc2)c(O)c(C2=CC=CCC2=O)n1. The third-order valence-electron chi connectivity index (χ3n) is 4.72. The van der Waals surface area contributed by atoms with E-state index in [1.54, 1.807) is 48.6 Å². The van der Waals surface area contributed by atoms with Crippen molar-refractivity contribution in [3.8, 4) is 5.75 Å². The van der Waals surface area contributed by atoms with Gasteiger partial charge in [0.05, 0.1) is 6.26 Å². The summed E-state index contributed by atoms with van der Waals surface area (Å²) in [6, 6.07) is 8.68. The van der Waals surface area contributed by atoms with Crippen molar-refractivity contribution >= 4 is 39.2 Å². The fourth-order valence-corrected chi connectivity index (χ4v) is 3.64. The topological polar surface area (TPSA) is 96.4 Å². The van der Waals surface area contributed by atoms with Gasteiger partial charge in [0.2, 0.25) is 10.0 Å². The number of sulfonamides is 1. The van der Waals surface area contributed by atoms with Crippen LogP contribution >= 0.6 is 0 Å². The third kappa shape index (κ3) is 5.70. The highest BCUT2D eigenvalue weighted by Crippen LogP contribution is 2.34. The first-order valence-corrected chi connectivity index (χ1v) is 11.7. The lowest BCUT2D eigenvalue weighted by Gasteiger charge is -2.21. The molecule has 2 aromatic rings. The fraction of sp³-hybridized carbons (Fsp3) is 0.250. The van der Waals surface area contributed by atoms with Crippen LogP contribution in [0.4, 0.5) is 5.69 Å². The van der Waals surface area contributed by atoms with Gasteiger partial charge in [-0.15, -0.1) is 0 Å². The number of hydrogen-bond acceptors (Lipinski definition) is 5. The second kappa shape index (κ2) is 8.51. The Kier molecular flexibility index (Phi) is 6.18. The Bertz CT molecular complexity index is 1200. The van der Waals surface area contributed by atoms with E-state index in [0.717, 1.165) is 17.5 Å². The van der Waals surface area contributed by atoms with E-state index in [1.165, 1.54) is 0 Å². The van der Waals surface area contributed by atoms with Crippen molar-refractivity contribution in [2.75, 3.05) is 11.0 Å². The van der Waals surface area contributed by atoms with E-state index in [-0.39, 0.29) is 29.1 Å². The van der Waals surface area contributed by atoms with Crippen LogP contribution in [0.5, 0.6) is 5.75 Å². The van der Waals surface area contributed by atoms with Gasteiger partial charge in [-0.1, -0.05) is 57.2 Å². The molecule has 1 aromatic carbocycles. The highest BCUT2D eigenvalue weighted by atomic mass is 32.2. The maximum Gasteiger partial charge on any atom is 0.229 e. The van der Waals surface area contributed by atoms with E-state index in [1.807, 2.05) is 32.9 Å². The summed E-state index contributed by atoms with van der Waals surface area (Å²) in [5.74, 6) is -0.130. The molecule has 2 N–H and O–H groups in total. The molecule has 1 heterocycles. The average molecular weight is 439 g/mol. The van der Waals surface area contributed by atoms with Gasteiger partial charge < -0.3 is 5.11 Å². The van der Waals surface area contributed by atoms with E-state index < -0.39 is 10.0 Å². The number of aromatic nitrogens is 1. The number of rotatable bonds is 5. The van der Waals surface area contributed by atoms with Gasteiger partial charge in [-0.2, -0.15) is 0 Å². The predicted molar refractivity (Wildman–Crippen MR) is 125 cm³/mol. The van der Waals surface area contributed by atoms with E-state index >= 15 is 0 Å². The number of aromatic hydroxyl groups is 1. The van der Waals surface area contributed by atoms with Crippen LogP contribution in [0.3, 0.4) is 0 Å². The van der Waals surface area contributed by atoms with Crippen LogP contribution in [0.1, 0.15) is 49.7 Å². The summed E-state index contributed by atoms with van der Waals surface area (Å²) in [4.78, 5) is 17.0. The lowest BCUT2D eigenvalue weighted by Crippen LogP contribution is -2.16. The highest BCUT2D eigenvalue weighted by Gasteiger charge is 2.24. The fourth-order valence-electron chi connectivity index (χ4n) is 3.07.